The Labute approximate surface area is 106 Å². The van der Waals surface area contributed by atoms with E-state index in [1.54, 1.807) is 6.92 Å². The van der Waals surface area contributed by atoms with Gasteiger partial charge in [0, 0.05) is 13.1 Å². The molecule has 2 N–H and O–H groups in total. The Morgan fingerprint density at radius 3 is 2.94 bits per heavy atom. The highest BCUT2D eigenvalue weighted by Gasteiger charge is 2.22. The minimum absolute atomic E-state index is 0.229. The third-order valence-corrected chi connectivity index (χ3v) is 3.20. The Hall–Kier alpha value is -1.56. The second-order valence-electron chi connectivity index (χ2n) is 4.40. The number of nitrogens with zero attached hydrogens (tertiary/aromatic N) is 2. The van der Waals surface area contributed by atoms with Gasteiger partial charge in [0.15, 0.2) is 5.69 Å². The van der Waals surface area contributed by atoms with Crippen molar-refractivity contribution in [2.24, 2.45) is 11.7 Å². The smallest absolute Gasteiger partial charge is 0.360 e. The van der Waals surface area contributed by atoms with E-state index < -0.39 is 5.97 Å². The number of carbonyl (C=O) groups excluding carboxylic acids is 1. The average molecular weight is 253 g/mol. The van der Waals surface area contributed by atoms with Crippen molar-refractivity contribution in [3.05, 3.63) is 12.0 Å². The van der Waals surface area contributed by atoms with Gasteiger partial charge in [0.05, 0.1) is 6.61 Å². The largest absolute Gasteiger partial charge is 0.461 e. The van der Waals surface area contributed by atoms with Crippen LogP contribution in [0.2, 0.25) is 0 Å². The number of carbonyl (C=O) groups is 1. The molecule has 6 nitrogen and oxygen atoms in total. The van der Waals surface area contributed by atoms with Crippen molar-refractivity contribution >= 4 is 12.0 Å². The van der Waals surface area contributed by atoms with Gasteiger partial charge < -0.3 is 19.8 Å². The molecule has 1 fully saturated rings. The number of oxazole rings is 1. The fourth-order valence-electron chi connectivity index (χ4n) is 2.07. The standard InChI is InChI=1S/C12H19N3O3/c1-2-17-11(16)10-8-18-12(14-10)15-5-3-9(7-13)4-6-15/h8-9H,2-7,13H2,1H3. The average Bonchev–Trinajstić information content (AvgIpc) is 2.89. The molecule has 2 rings (SSSR count). The number of hydrogen-bond acceptors (Lipinski definition) is 6. The van der Waals surface area contributed by atoms with Gasteiger partial charge in [-0.1, -0.05) is 0 Å². The molecule has 18 heavy (non-hydrogen) atoms. The zero-order valence-corrected chi connectivity index (χ0v) is 10.6. The molecule has 1 aliphatic heterocycles. The van der Waals surface area contributed by atoms with Gasteiger partial charge in [-0.05, 0) is 32.2 Å². The molecule has 2 heterocycles. The highest BCUT2D eigenvalue weighted by Crippen LogP contribution is 2.22. The van der Waals surface area contributed by atoms with E-state index in [1.165, 1.54) is 6.26 Å². The van der Waals surface area contributed by atoms with Crippen molar-refractivity contribution in [1.29, 1.82) is 0 Å². The number of aromatic nitrogens is 1. The maximum Gasteiger partial charge on any atom is 0.360 e. The van der Waals surface area contributed by atoms with Crippen LogP contribution >= 0.6 is 0 Å². The van der Waals surface area contributed by atoms with E-state index in [0.717, 1.165) is 32.5 Å². The molecular formula is C12H19N3O3. The molecule has 1 aromatic heterocycles. The number of ether oxygens (including phenoxy) is 1. The molecule has 6 heteroatoms. The maximum absolute atomic E-state index is 11.5. The number of hydrogen-bond donors (Lipinski definition) is 1. The lowest BCUT2D eigenvalue weighted by Crippen LogP contribution is -2.36. The maximum atomic E-state index is 11.5. The van der Waals surface area contributed by atoms with Crippen LogP contribution in [-0.2, 0) is 4.74 Å². The molecule has 0 aliphatic carbocycles. The van der Waals surface area contributed by atoms with E-state index in [1.807, 2.05) is 4.90 Å². The van der Waals surface area contributed by atoms with Gasteiger partial charge in [0.25, 0.3) is 6.01 Å². The van der Waals surface area contributed by atoms with E-state index in [4.69, 9.17) is 14.9 Å². The predicted molar refractivity (Wildman–Crippen MR) is 66.5 cm³/mol. The van der Waals surface area contributed by atoms with E-state index >= 15 is 0 Å². The van der Waals surface area contributed by atoms with E-state index in [9.17, 15) is 4.79 Å². The summed E-state index contributed by atoms with van der Waals surface area (Å²) in [4.78, 5) is 17.7. The molecule has 0 unspecified atom stereocenters. The van der Waals surface area contributed by atoms with Gasteiger partial charge in [-0.2, -0.15) is 4.98 Å². The van der Waals surface area contributed by atoms with Gasteiger partial charge in [-0.3, -0.25) is 0 Å². The molecule has 100 valence electrons. The molecule has 0 radical (unpaired) electrons. The SMILES string of the molecule is CCOC(=O)c1coc(N2CCC(CN)CC2)n1. The van der Waals surface area contributed by atoms with Gasteiger partial charge in [-0.15, -0.1) is 0 Å². The highest BCUT2D eigenvalue weighted by molar-refractivity contribution is 5.87. The van der Waals surface area contributed by atoms with Crippen molar-refractivity contribution in [1.82, 2.24) is 4.98 Å². The summed E-state index contributed by atoms with van der Waals surface area (Å²) >= 11 is 0. The van der Waals surface area contributed by atoms with Crippen LogP contribution in [0.5, 0.6) is 0 Å². The Morgan fingerprint density at radius 2 is 2.33 bits per heavy atom. The minimum Gasteiger partial charge on any atom is -0.461 e. The summed E-state index contributed by atoms with van der Waals surface area (Å²) in [6.07, 6.45) is 3.42. The van der Waals surface area contributed by atoms with Crippen LogP contribution in [-0.4, -0.2) is 37.2 Å². The van der Waals surface area contributed by atoms with Crippen LogP contribution in [0.1, 0.15) is 30.3 Å². The Balaban J connectivity index is 1.96. The lowest BCUT2D eigenvalue weighted by molar-refractivity contribution is 0.0519. The number of piperidine rings is 1. The number of anilines is 1. The van der Waals surface area contributed by atoms with Crippen molar-refractivity contribution in [3.8, 4) is 0 Å². The van der Waals surface area contributed by atoms with Crippen LogP contribution in [0.4, 0.5) is 6.01 Å². The molecule has 0 spiro atoms. The molecule has 1 aromatic rings. The molecule has 1 saturated heterocycles. The fraction of sp³-hybridized carbons (Fsp3) is 0.667. The summed E-state index contributed by atoms with van der Waals surface area (Å²) in [5.74, 6) is 0.144. The molecule has 0 amide bonds. The van der Waals surface area contributed by atoms with Crippen LogP contribution in [0.25, 0.3) is 0 Å². The topological polar surface area (TPSA) is 81.6 Å². The number of nitrogens with two attached hydrogens (primary N) is 1. The summed E-state index contributed by atoms with van der Waals surface area (Å²) in [5, 5.41) is 0. The van der Waals surface area contributed by atoms with E-state index in [2.05, 4.69) is 4.98 Å². The summed E-state index contributed by atoms with van der Waals surface area (Å²) in [6.45, 7) is 4.56. The van der Waals surface area contributed by atoms with Crippen molar-refractivity contribution < 1.29 is 13.9 Å². The van der Waals surface area contributed by atoms with Crippen LogP contribution < -0.4 is 10.6 Å². The number of esters is 1. The van der Waals surface area contributed by atoms with Crippen LogP contribution in [0.15, 0.2) is 10.7 Å². The Kier molecular flexibility index (Phi) is 4.19. The third kappa shape index (κ3) is 2.81. The van der Waals surface area contributed by atoms with Crippen LogP contribution in [0.3, 0.4) is 0 Å². The first-order valence-corrected chi connectivity index (χ1v) is 6.32. The molecule has 0 atom stereocenters. The molecule has 0 aromatic carbocycles. The van der Waals surface area contributed by atoms with Crippen LogP contribution in [0, 0.1) is 5.92 Å². The summed E-state index contributed by atoms with van der Waals surface area (Å²) in [5.41, 5.74) is 5.88. The van der Waals surface area contributed by atoms with Gasteiger partial charge in [0.2, 0.25) is 0 Å². The number of rotatable bonds is 4. The minimum atomic E-state index is -0.440. The second kappa shape index (κ2) is 5.86. The normalized spacial score (nSPS) is 16.9. The lowest BCUT2D eigenvalue weighted by Gasteiger charge is -2.29. The zero-order valence-electron chi connectivity index (χ0n) is 10.6. The third-order valence-electron chi connectivity index (χ3n) is 3.20. The second-order valence-corrected chi connectivity index (χ2v) is 4.40. The summed E-state index contributed by atoms with van der Waals surface area (Å²) in [6, 6.07) is 0.494. The monoisotopic (exact) mass is 253 g/mol. The first-order valence-electron chi connectivity index (χ1n) is 6.32. The zero-order chi connectivity index (χ0) is 13.0. The first kappa shape index (κ1) is 12.9. The molecular weight excluding hydrogens is 234 g/mol. The lowest BCUT2D eigenvalue weighted by atomic mass is 9.97. The fourth-order valence-corrected chi connectivity index (χ4v) is 2.07. The molecule has 0 saturated carbocycles. The van der Waals surface area contributed by atoms with Crippen molar-refractivity contribution in [3.63, 3.8) is 0 Å². The van der Waals surface area contributed by atoms with Crippen molar-refractivity contribution in [2.45, 2.75) is 19.8 Å². The molecule has 1 aliphatic rings. The van der Waals surface area contributed by atoms with Crippen molar-refractivity contribution in [2.75, 3.05) is 31.1 Å². The highest BCUT2D eigenvalue weighted by atomic mass is 16.5. The Morgan fingerprint density at radius 1 is 1.61 bits per heavy atom. The van der Waals surface area contributed by atoms with Gasteiger partial charge in [-0.25, -0.2) is 4.79 Å². The van der Waals surface area contributed by atoms with Gasteiger partial charge in [0.1, 0.15) is 6.26 Å². The van der Waals surface area contributed by atoms with E-state index in [-0.39, 0.29) is 5.69 Å². The first-order chi connectivity index (χ1) is 8.74. The summed E-state index contributed by atoms with van der Waals surface area (Å²) < 4.78 is 10.2. The Bertz CT molecular complexity index is 397. The predicted octanol–water partition coefficient (Wildman–Crippen LogP) is 1.03. The van der Waals surface area contributed by atoms with Gasteiger partial charge >= 0.3 is 5.97 Å². The van der Waals surface area contributed by atoms with E-state index in [0.29, 0.717) is 18.5 Å². The molecule has 0 bridgehead atoms. The quantitative estimate of drug-likeness (QED) is 0.807. The summed E-state index contributed by atoms with van der Waals surface area (Å²) in [7, 11) is 0.